The molecule has 1 aliphatic rings. The van der Waals surface area contributed by atoms with E-state index in [0.29, 0.717) is 49.7 Å². The van der Waals surface area contributed by atoms with Crippen LogP contribution in [0.25, 0.3) is 0 Å². The fourth-order valence-corrected chi connectivity index (χ4v) is 3.56. The van der Waals surface area contributed by atoms with E-state index < -0.39 is 0 Å². The van der Waals surface area contributed by atoms with Crippen LogP contribution in [0, 0.1) is 26.7 Å². The van der Waals surface area contributed by atoms with Gasteiger partial charge in [0, 0.05) is 31.6 Å². The van der Waals surface area contributed by atoms with E-state index in [1.165, 1.54) is 0 Å². The summed E-state index contributed by atoms with van der Waals surface area (Å²) in [7, 11) is 0. The fraction of sp³-hybridized carbons (Fsp3) is 0.550. The van der Waals surface area contributed by atoms with E-state index in [-0.39, 0.29) is 11.8 Å². The van der Waals surface area contributed by atoms with Crippen LogP contribution in [-0.4, -0.2) is 41.5 Å². The van der Waals surface area contributed by atoms with Gasteiger partial charge in [0.1, 0.15) is 11.5 Å². The summed E-state index contributed by atoms with van der Waals surface area (Å²) in [6, 6.07) is 1.73. The number of piperidine rings is 1. The Labute approximate surface area is 159 Å². The Morgan fingerprint density at radius 1 is 1.22 bits per heavy atom. The molecule has 2 aromatic heterocycles. The summed E-state index contributed by atoms with van der Waals surface area (Å²) in [5.74, 6) is 1.92. The minimum absolute atomic E-state index is 0.0307. The molecule has 0 spiro atoms. The topological polar surface area (TPSA) is 88.6 Å². The standard InChI is InChI=1S/C20H27N3O4/c1-13-17(15(3)27-22-13)4-5-19(24)21-12-16-6-9-23(10-7-16)20(25)18-8-11-26-14(18)2/h8,11,16H,4-7,9-10,12H2,1-3H3,(H,21,24). The molecule has 7 nitrogen and oxygen atoms in total. The van der Waals surface area contributed by atoms with Gasteiger partial charge in [0.05, 0.1) is 17.5 Å². The highest BCUT2D eigenvalue weighted by atomic mass is 16.5. The van der Waals surface area contributed by atoms with E-state index in [0.717, 1.165) is 29.9 Å². The van der Waals surface area contributed by atoms with E-state index in [4.69, 9.17) is 8.94 Å². The van der Waals surface area contributed by atoms with Gasteiger partial charge in [-0.15, -0.1) is 0 Å². The van der Waals surface area contributed by atoms with E-state index in [2.05, 4.69) is 10.5 Å². The van der Waals surface area contributed by atoms with Gasteiger partial charge in [0.15, 0.2) is 0 Å². The quantitative estimate of drug-likeness (QED) is 0.841. The van der Waals surface area contributed by atoms with Gasteiger partial charge in [-0.25, -0.2) is 0 Å². The Morgan fingerprint density at radius 3 is 2.56 bits per heavy atom. The molecule has 146 valence electrons. The predicted octanol–water partition coefficient (Wildman–Crippen LogP) is 2.79. The molecule has 2 amide bonds. The Bertz CT molecular complexity index is 781. The Morgan fingerprint density at radius 2 is 1.96 bits per heavy atom. The van der Waals surface area contributed by atoms with Gasteiger partial charge in [0.25, 0.3) is 5.91 Å². The molecule has 1 fully saturated rings. The predicted molar refractivity (Wildman–Crippen MR) is 99.4 cm³/mol. The third-order valence-corrected chi connectivity index (χ3v) is 5.36. The summed E-state index contributed by atoms with van der Waals surface area (Å²) < 4.78 is 10.3. The molecular formula is C20H27N3O4. The first-order chi connectivity index (χ1) is 13.0. The summed E-state index contributed by atoms with van der Waals surface area (Å²) in [4.78, 5) is 26.5. The molecular weight excluding hydrogens is 346 g/mol. The number of carbonyl (C=O) groups excluding carboxylic acids is 2. The molecule has 3 rings (SSSR count). The second kappa shape index (κ2) is 8.41. The molecule has 0 bridgehead atoms. The molecule has 0 saturated carbocycles. The van der Waals surface area contributed by atoms with Crippen molar-refractivity contribution in [3.05, 3.63) is 40.7 Å². The normalized spacial score (nSPS) is 15.1. The van der Waals surface area contributed by atoms with Crippen LogP contribution in [-0.2, 0) is 11.2 Å². The summed E-state index contributed by atoms with van der Waals surface area (Å²) in [5, 5.41) is 6.94. The first-order valence-electron chi connectivity index (χ1n) is 9.47. The number of aromatic nitrogens is 1. The SMILES string of the molecule is Cc1noc(C)c1CCC(=O)NCC1CCN(C(=O)c2ccoc2C)CC1. The number of aryl methyl sites for hydroxylation is 3. The van der Waals surface area contributed by atoms with Crippen LogP contribution in [0.1, 0.15) is 52.4 Å². The first-order valence-corrected chi connectivity index (χ1v) is 9.47. The van der Waals surface area contributed by atoms with Crippen molar-refractivity contribution in [3.63, 3.8) is 0 Å². The van der Waals surface area contributed by atoms with Gasteiger partial charge in [-0.1, -0.05) is 5.16 Å². The summed E-state index contributed by atoms with van der Waals surface area (Å²) >= 11 is 0. The number of likely N-dealkylation sites (tertiary alicyclic amines) is 1. The number of hydrogen-bond acceptors (Lipinski definition) is 5. The van der Waals surface area contributed by atoms with Crippen molar-refractivity contribution in [1.82, 2.24) is 15.4 Å². The molecule has 2 aromatic rings. The van der Waals surface area contributed by atoms with Crippen LogP contribution < -0.4 is 5.32 Å². The highest BCUT2D eigenvalue weighted by Crippen LogP contribution is 2.20. The Kier molecular flexibility index (Phi) is 5.98. The summed E-state index contributed by atoms with van der Waals surface area (Å²) in [6.07, 6.45) is 4.41. The van der Waals surface area contributed by atoms with E-state index in [1.54, 1.807) is 19.3 Å². The number of hydrogen-bond donors (Lipinski definition) is 1. The maximum absolute atomic E-state index is 12.5. The van der Waals surface area contributed by atoms with E-state index in [1.807, 2.05) is 18.7 Å². The van der Waals surface area contributed by atoms with Crippen LogP contribution in [0.2, 0.25) is 0 Å². The lowest BCUT2D eigenvalue weighted by Crippen LogP contribution is -2.41. The molecule has 1 aliphatic heterocycles. The van der Waals surface area contributed by atoms with Gasteiger partial charge in [0.2, 0.25) is 5.91 Å². The zero-order valence-electron chi connectivity index (χ0n) is 16.2. The molecule has 3 heterocycles. The van der Waals surface area contributed by atoms with E-state index >= 15 is 0 Å². The van der Waals surface area contributed by atoms with Crippen LogP contribution in [0.15, 0.2) is 21.3 Å². The van der Waals surface area contributed by atoms with Crippen molar-refractivity contribution in [1.29, 1.82) is 0 Å². The average molecular weight is 373 g/mol. The molecule has 0 radical (unpaired) electrons. The second-order valence-electron chi connectivity index (χ2n) is 7.23. The molecule has 1 saturated heterocycles. The van der Waals surface area contributed by atoms with Crippen LogP contribution >= 0.6 is 0 Å². The van der Waals surface area contributed by atoms with Gasteiger partial charge in [-0.2, -0.15) is 0 Å². The van der Waals surface area contributed by atoms with Crippen molar-refractivity contribution in [2.75, 3.05) is 19.6 Å². The highest BCUT2D eigenvalue weighted by molar-refractivity contribution is 5.95. The lowest BCUT2D eigenvalue weighted by atomic mass is 9.96. The lowest BCUT2D eigenvalue weighted by Gasteiger charge is -2.32. The third kappa shape index (κ3) is 4.59. The number of rotatable bonds is 6. The molecule has 7 heteroatoms. The number of amides is 2. The smallest absolute Gasteiger partial charge is 0.257 e. The van der Waals surface area contributed by atoms with Crippen LogP contribution in [0.5, 0.6) is 0 Å². The molecule has 1 N–H and O–H groups in total. The third-order valence-electron chi connectivity index (χ3n) is 5.36. The lowest BCUT2D eigenvalue weighted by molar-refractivity contribution is -0.121. The monoisotopic (exact) mass is 373 g/mol. The van der Waals surface area contributed by atoms with Crippen molar-refractivity contribution in [3.8, 4) is 0 Å². The number of furan rings is 1. The van der Waals surface area contributed by atoms with Crippen molar-refractivity contribution in [2.45, 2.75) is 46.5 Å². The Balaban J connectivity index is 1.39. The molecule has 27 heavy (non-hydrogen) atoms. The van der Waals surface area contributed by atoms with Crippen LogP contribution in [0.4, 0.5) is 0 Å². The maximum atomic E-state index is 12.5. The largest absolute Gasteiger partial charge is 0.469 e. The van der Waals surface area contributed by atoms with Crippen molar-refractivity contribution in [2.24, 2.45) is 5.92 Å². The highest BCUT2D eigenvalue weighted by Gasteiger charge is 2.25. The van der Waals surface area contributed by atoms with Gasteiger partial charge >= 0.3 is 0 Å². The average Bonchev–Trinajstić information content (AvgIpc) is 3.23. The zero-order chi connectivity index (χ0) is 19.4. The molecule has 0 aliphatic carbocycles. The van der Waals surface area contributed by atoms with Crippen molar-refractivity contribution >= 4 is 11.8 Å². The fourth-order valence-electron chi connectivity index (χ4n) is 3.56. The van der Waals surface area contributed by atoms with Gasteiger partial charge in [-0.3, -0.25) is 9.59 Å². The number of carbonyl (C=O) groups is 2. The summed E-state index contributed by atoms with van der Waals surface area (Å²) in [5.41, 5.74) is 2.51. The minimum atomic E-state index is 0.0307. The van der Waals surface area contributed by atoms with E-state index in [9.17, 15) is 9.59 Å². The maximum Gasteiger partial charge on any atom is 0.257 e. The summed E-state index contributed by atoms with van der Waals surface area (Å²) in [6.45, 7) is 7.65. The zero-order valence-corrected chi connectivity index (χ0v) is 16.2. The molecule has 0 unspecified atom stereocenters. The van der Waals surface area contributed by atoms with Gasteiger partial charge in [-0.05, 0) is 52.0 Å². The molecule has 0 atom stereocenters. The van der Waals surface area contributed by atoms with Gasteiger partial charge < -0.3 is 19.2 Å². The first kappa shape index (κ1) is 19.2. The number of nitrogens with zero attached hydrogens (tertiary/aromatic N) is 2. The van der Waals surface area contributed by atoms with Crippen molar-refractivity contribution < 1.29 is 18.5 Å². The molecule has 0 aromatic carbocycles. The van der Waals surface area contributed by atoms with Crippen LogP contribution in [0.3, 0.4) is 0 Å². The minimum Gasteiger partial charge on any atom is -0.469 e. The Hall–Kier alpha value is -2.57. The number of nitrogens with one attached hydrogen (secondary N) is 1. The second-order valence-corrected chi connectivity index (χ2v) is 7.23.